The van der Waals surface area contributed by atoms with Crippen LogP contribution in [0.25, 0.3) is 0 Å². The number of para-hydroxylation sites is 1. The first-order valence-electron chi connectivity index (χ1n) is 8.20. The molecule has 0 bridgehead atoms. The Bertz CT molecular complexity index is 962. The number of nitrogens with two attached hydrogens (primary N) is 1. The van der Waals surface area contributed by atoms with E-state index in [4.69, 9.17) is 28.9 Å². The third kappa shape index (κ3) is 5.21. The molecule has 2 amide bonds. The lowest BCUT2D eigenvalue weighted by molar-refractivity contribution is -0.123. The quantitative estimate of drug-likeness (QED) is 0.450. The molecule has 8 nitrogen and oxygen atoms in total. The predicted octanol–water partition coefficient (Wildman–Crippen LogP) is 2.60. The maximum Gasteiger partial charge on any atom is 0.252 e. The van der Waals surface area contributed by atoms with Gasteiger partial charge in [0, 0.05) is 10.7 Å². The monoisotopic (exact) mass is 418 g/mol. The van der Waals surface area contributed by atoms with Gasteiger partial charge in [0.1, 0.15) is 6.04 Å². The number of anilines is 2. The number of hydrogen-bond acceptors (Lipinski definition) is 4. The number of carbonyl (C=O) groups is 2. The molecule has 1 aliphatic rings. The molecule has 144 valence electrons. The zero-order valence-corrected chi connectivity index (χ0v) is 16.0. The van der Waals surface area contributed by atoms with E-state index in [0.717, 1.165) is 5.69 Å². The minimum absolute atomic E-state index is 0.0354. The lowest BCUT2D eigenvalue weighted by atomic mass is 10.2. The Morgan fingerprint density at radius 1 is 1.18 bits per heavy atom. The third-order valence-corrected chi connectivity index (χ3v) is 4.22. The van der Waals surface area contributed by atoms with Crippen LogP contribution < -0.4 is 21.7 Å². The van der Waals surface area contributed by atoms with Crippen LogP contribution in [0, 0.1) is 0 Å². The molecule has 5 N–H and O–H groups in total. The molecule has 28 heavy (non-hydrogen) atoms. The number of amides is 2. The molecule has 2 aromatic carbocycles. The van der Waals surface area contributed by atoms with Gasteiger partial charge in [-0.1, -0.05) is 41.4 Å². The second-order valence-electron chi connectivity index (χ2n) is 5.82. The minimum Gasteiger partial charge on any atom is -0.369 e. The first kappa shape index (κ1) is 19.7. The molecular weight excluding hydrogens is 403 g/mol. The van der Waals surface area contributed by atoms with Crippen molar-refractivity contribution < 1.29 is 9.59 Å². The van der Waals surface area contributed by atoms with Crippen molar-refractivity contribution in [3.63, 3.8) is 0 Å². The summed E-state index contributed by atoms with van der Waals surface area (Å²) in [6, 6.07) is 12.9. The van der Waals surface area contributed by atoms with E-state index >= 15 is 0 Å². The number of aliphatic imine (C=N–C) groups is 2. The highest BCUT2D eigenvalue weighted by Crippen LogP contribution is 2.25. The van der Waals surface area contributed by atoms with Crippen LogP contribution in [0.1, 0.15) is 6.42 Å². The highest BCUT2D eigenvalue weighted by molar-refractivity contribution is 6.36. The van der Waals surface area contributed by atoms with Gasteiger partial charge in [-0.2, -0.15) is 4.99 Å². The van der Waals surface area contributed by atoms with E-state index < -0.39 is 17.9 Å². The van der Waals surface area contributed by atoms with Crippen molar-refractivity contribution >= 4 is 58.3 Å². The summed E-state index contributed by atoms with van der Waals surface area (Å²) in [5.41, 5.74) is 6.95. The summed E-state index contributed by atoms with van der Waals surface area (Å²) in [6.45, 7) is 0. The highest BCUT2D eigenvalue weighted by atomic mass is 35.5. The Hall–Kier alpha value is -3.10. The van der Waals surface area contributed by atoms with E-state index in [-0.39, 0.29) is 18.3 Å². The summed E-state index contributed by atoms with van der Waals surface area (Å²) < 4.78 is 0. The zero-order valence-electron chi connectivity index (χ0n) is 14.4. The number of nitrogens with one attached hydrogen (secondary N) is 3. The lowest BCUT2D eigenvalue weighted by Crippen LogP contribution is -2.32. The Morgan fingerprint density at radius 2 is 1.93 bits per heavy atom. The number of carbonyl (C=O) groups excluding carboxylic acids is 2. The van der Waals surface area contributed by atoms with E-state index in [2.05, 4.69) is 25.9 Å². The summed E-state index contributed by atoms with van der Waals surface area (Å²) in [5, 5.41) is 8.73. The van der Waals surface area contributed by atoms with Gasteiger partial charge in [0.15, 0.2) is 0 Å². The van der Waals surface area contributed by atoms with Crippen LogP contribution in [0.3, 0.4) is 0 Å². The number of guanidine groups is 2. The molecule has 10 heteroatoms. The smallest absolute Gasteiger partial charge is 0.252 e. The van der Waals surface area contributed by atoms with Crippen LogP contribution in [0.4, 0.5) is 11.4 Å². The van der Waals surface area contributed by atoms with Gasteiger partial charge in [0.25, 0.3) is 5.91 Å². The maximum absolute atomic E-state index is 12.2. The van der Waals surface area contributed by atoms with Crippen molar-refractivity contribution in [1.29, 1.82) is 0 Å². The average Bonchev–Trinajstić information content (AvgIpc) is 2.97. The van der Waals surface area contributed by atoms with Crippen LogP contribution in [0.15, 0.2) is 58.5 Å². The van der Waals surface area contributed by atoms with Gasteiger partial charge in [-0.25, -0.2) is 4.99 Å². The van der Waals surface area contributed by atoms with Gasteiger partial charge < -0.3 is 16.4 Å². The van der Waals surface area contributed by atoms with Crippen molar-refractivity contribution in [2.75, 3.05) is 10.6 Å². The third-order valence-electron chi connectivity index (χ3n) is 3.67. The first-order chi connectivity index (χ1) is 13.4. The molecule has 0 spiro atoms. The van der Waals surface area contributed by atoms with Crippen molar-refractivity contribution in [3.8, 4) is 0 Å². The van der Waals surface area contributed by atoms with Crippen LogP contribution >= 0.6 is 23.2 Å². The first-order valence-corrected chi connectivity index (χ1v) is 8.96. The molecule has 0 radical (unpaired) electrons. The minimum atomic E-state index is -0.908. The zero-order chi connectivity index (χ0) is 20.1. The fourth-order valence-corrected chi connectivity index (χ4v) is 2.86. The molecule has 0 aromatic heterocycles. The fraction of sp³-hybridized carbons (Fsp3) is 0.111. The molecule has 1 heterocycles. The van der Waals surface area contributed by atoms with E-state index in [1.165, 1.54) is 6.07 Å². The van der Waals surface area contributed by atoms with Gasteiger partial charge in [-0.3, -0.25) is 14.9 Å². The van der Waals surface area contributed by atoms with E-state index in [0.29, 0.717) is 15.7 Å². The highest BCUT2D eigenvalue weighted by Gasteiger charge is 2.28. The number of halogens is 2. The molecule has 1 aliphatic heterocycles. The van der Waals surface area contributed by atoms with Crippen molar-refractivity contribution in [1.82, 2.24) is 5.32 Å². The van der Waals surface area contributed by atoms with Crippen molar-refractivity contribution in [2.24, 2.45) is 15.7 Å². The van der Waals surface area contributed by atoms with Gasteiger partial charge in [-0.15, -0.1) is 0 Å². The molecule has 0 saturated heterocycles. The summed E-state index contributed by atoms with van der Waals surface area (Å²) in [6.07, 6.45) is -0.171. The average molecular weight is 419 g/mol. The Morgan fingerprint density at radius 3 is 2.64 bits per heavy atom. The number of rotatable bonds is 4. The Balaban J connectivity index is 1.61. The van der Waals surface area contributed by atoms with Crippen LogP contribution in [-0.2, 0) is 9.59 Å². The standard InChI is InChI=1S/C18H16Cl2N6O2/c19-10-6-7-13(12(20)8-10)23-15(27)9-14-16(28)25-18(24-14)26-17(21)22-11-4-2-1-3-5-11/h1-8,14H,9H2,(H,23,27)(H4,21,22,24,25,26,28)/t14-/m0/s1. The number of benzene rings is 2. The summed E-state index contributed by atoms with van der Waals surface area (Å²) in [7, 11) is 0. The van der Waals surface area contributed by atoms with Gasteiger partial charge in [0.2, 0.25) is 17.8 Å². The fourth-order valence-electron chi connectivity index (χ4n) is 2.41. The molecule has 0 saturated carbocycles. The second kappa shape index (κ2) is 8.73. The molecule has 3 rings (SSSR count). The van der Waals surface area contributed by atoms with E-state index in [1.54, 1.807) is 12.1 Å². The second-order valence-corrected chi connectivity index (χ2v) is 6.67. The topological polar surface area (TPSA) is 121 Å². The Labute approximate surface area is 170 Å². The number of nitrogens with zero attached hydrogens (tertiary/aromatic N) is 2. The van der Waals surface area contributed by atoms with Crippen LogP contribution in [-0.4, -0.2) is 29.8 Å². The molecule has 0 fully saturated rings. The van der Waals surface area contributed by atoms with Gasteiger partial charge in [0.05, 0.1) is 17.1 Å². The van der Waals surface area contributed by atoms with Crippen molar-refractivity contribution in [2.45, 2.75) is 12.5 Å². The number of hydrogen-bond donors (Lipinski definition) is 4. The predicted molar refractivity (Wildman–Crippen MR) is 111 cm³/mol. The summed E-state index contributed by atoms with van der Waals surface area (Å²) >= 11 is 11.8. The largest absolute Gasteiger partial charge is 0.369 e. The van der Waals surface area contributed by atoms with Crippen molar-refractivity contribution in [3.05, 3.63) is 58.6 Å². The van der Waals surface area contributed by atoms with Crippen LogP contribution in [0.2, 0.25) is 10.0 Å². The molecule has 1 atom stereocenters. The summed E-state index contributed by atoms with van der Waals surface area (Å²) in [5.74, 6) is -0.770. The Kier molecular flexibility index (Phi) is 6.13. The van der Waals surface area contributed by atoms with E-state index in [1.807, 2.05) is 30.3 Å². The maximum atomic E-state index is 12.2. The molecule has 0 aliphatic carbocycles. The van der Waals surface area contributed by atoms with Crippen LogP contribution in [0.5, 0.6) is 0 Å². The van der Waals surface area contributed by atoms with Gasteiger partial charge >= 0.3 is 0 Å². The lowest BCUT2D eigenvalue weighted by Gasteiger charge is -2.08. The molecule has 0 unspecified atom stereocenters. The normalized spacial score (nSPS) is 16.4. The molecule has 2 aromatic rings. The SMILES string of the molecule is NC(=NC1=N[C@@H](CC(=O)Nc2ccc(Cl)cc2Cl)C(=O)N1)Nc1ccccc1. The summed E-state index contributed by atoms with van der Waals surface area (Å²) in [4.78, 5) is 32.4. The molecular formula is C18H16Cl2N6O2. The van der Waals surface area contributed by atoms with E-state index in [9.17, 15) is 9.59 Å². The van der Waals surface area contributed by atoms with Gasteiger partial charge in [-0.05, 0) is 30.3 Å².